The van der Waals surface area contributed by atoms with Crippen LogP contribution < -0.4 is 5.56 Å². The van der Waals surface area contributed by atoms with Gasteiger partial charge in [-0.2, -0.15) is 13.2 Å². The van der Waals surface area contributed by atoms with Crippen molar-refractivity contribution in [3.05, 3.63) is 94.5 Å². The highest BCUT2D eigenvalue weighted by atomic mass is 32.2. The van der Waals surface area contributed by atoms with Crippen molar-refractivity contribution < 1.29 is 17.6 Å². The van der Waals surface area contributed by atoms with Crippen molar-refractivity contribution >= 4 is 34.4 Å². The van der Waals surface area contributed by atoms with E-state index in [1.165, 1.54) is 36.0 Å². The Bertz CT molecular complexity index is 1320. The normalized spacial score (nSPS) is 11.8. The number of halogens is 4. The van der Waals surface area contributed by atoms with Crippen molar-refractivity contribution in [2.24, 2.45) is 0 Å². The van der Waals surface area contributed by atoms with Gasteiger partial charge in [0.15, 0.2) is 5.16 Å². The zero-order valence-electron chi connectivity index (χ0n) is 16.5. The summed E-state index contributed by atoms with van der Waals surface area (Å²) in [5, 5.41) is 0.383. The fourth-order valence-corrected chi connectivity index (χ4v) is 5.10. The number of fused-ring (bicyclic) bond motifs is 1. The third-order valence-corrected chi connectivity index (χ3v) is 6.85. The molecule has 0 saturated heterocycles. The lowest BCUT2D eigenvalue weighted by atomic mass is 10.1. The number of alkyl halides is 3. The summed E-state index contributed by atoms with van der Waals surface area (Å²) in [7, 11) is 0. The van der Waals surface area contributed by atoms with Crippen LogP contribution in [0.4, 0.5) is 17.6 Å². The molecule has 0 spiro atoms. The quantitative estimate of drug-likeness (QED) is 0.139. The highest BCUT2D eigenvalue weighted by Gasteiger charge is 2.34. The first-order chi connectivity index (χ1) is 15.4. The Labute approximate surface area is 189 Å². The molecular weight excluding hydrogens is 460 g/mol. The molecule has 3 aromatic carbocycles. The lowest BCUT2D eigenvalue weighted by Crippen LogP contribution is -2.24. The minimum atomic E-state index is -4.63. The van der Waals surface area contributed by atoms with E-state index in [4.69, 9.17) is 0 Å². The molecule has 0 unspecified atom stereocenters. The molecule has 4 aromatic rings. The molecule has 4 rings (SSSR count). The largest absolute Gasteiger partial charge is 0.418 e. The Morgan fingerprint density at radius 3 is 2.28 bits per heavy atom. The van der Waals surface area contributed by atoms with Gasteiger partial charge in [-0.3, -0.25) is 9.36 Å². The zero-order valence-corrected chi connectivity index (χ0v) is 18.1. The van der Waals surface area contributed by atoms with Crippen LogP contribution in [0.5, 0.6) is 0 Å². The second-order valence-corrected chi connectivity index (χ2v) is 8.89. The summed E-state index contributed by atoms with van der Waals surface area (Å²) in [6, 6.07) is 17.8. The number of nitrogens with zero attached hydrogens (tertiary/aromatic N) is 2. The lowest BCUT2D eigenvalue weighted by molar-refractivity contribution is -0.137. The monoisotopic (exact) mass is 476 g/mol. The van der Waals surface area contributed by atoms with Gasteiger partial charge in [-0.05, 0) is 36.4 Å². The van der Waals surface area contributed by atoms with Gasteiger partial charge in [0.25, 0.3) is 5.56 Å². The average Bonchev–Trinajstić information content (AvgIpc) is 2.77. The van der Waals surface area contributed by atoms with E-state index in [0.717, 1.165) is 22.4 Å². The first kappa shape index (κ1) is 22.4. The highest BCUT2D eigenvalue weighted by Crippen LogP contribution is 2.35. The van der Waals surface area contributed by atoms with Crippen molar-refractivity contribution in [1.29, 1.82) is 0 Å². The summed E-state index contributed by atoms with van der Waals surface area (Å²) < 4.78 is 55.8. The van der Waals surface area contributed by atoms with Crippen LogP contribution in [0.1, 0.15) is 5.56 Å². The fourth-order valence-electron chi connectivity index (χ4n) is 3.18. The SMILES string of the molecule is O=c1c2ccccc2nc(SCCSc2ccccc2F)n1-c1ccccc1C(F)(F)F. The van der Waals surface area contributed by atoms with Gasteiger partial charge in [0.05, 0.1) is 22.2 Å². The van der Waals surface area contributed by atoms with Gasteiger partial charge in [-0.15, -0.1) is 11.8 Å². The van der Waals surface area contributed by atoms with E-state index in [2.05, 4.69) is 4.98 Å². The minimum Gasteiger partial charge on any atom is -0.268 e. The molecule has 0 amide bonds. The molecule has 0 aliphatic carbocycles. The number of para-hydroxylation sites is 2. The second-order valence-electron chi connectivity index (χ2n) is 6.69. The summed E-state index contributed by atoms with van der Waals surface area (Å²) in [5.41, 5.74) is -1.35. The molecular formula is C23H16F4N2OS2. The van der Waals surface area contributed by atoms with Crippen LogP contribution in [0.2, 0.25) is 0 Å². The Balaban J connectivity index is 1.73. The molecule has 0 fully saturated rings. The van der Waals surface area contributed by atoms with Gasteiger partial charge in [0, 0.05) is 16.4 Å². The summed E-state index contributed by atoms with van der Waals surface area (Å²) in [6.45, 7) is 0. The predicted molar refractivity (Wildman–Crippen MR) is 120 cm³/mol. The van der Waals surface area contributed by atoms with Crippen LogP contribution in [-0.2, 0) is 6.18 Å². The molecule has 0 saturated carbocycles. The van der Waals surface area contributed by atoms with Crippen molar-refractivity contribution in [2.75, 3.05) is 11.5 Å². The van der Waals surface area contributed by atoms with Gasteiger partial charge in [0.1, 0.15) is 5.82 Å². The van der Waals surface area contributed by atoms with Crippen molar-refractivity contribution in [3.8, 4) is 5.69 Å². The smallest absolute Gasteiger partial charge is 0.268 e. The fraction of sp³-hybridized carbons (Fsp3) is 0.130. The van der Waals surface area contributed by atoms with Crippen LogP contribution in [-0.4, -0.2) is 21.1 Å². The average molecular weight is 477 g/mol. The molecule has 32 heavy (non-hydrogen) atoms. The van der Waals surface area contributed by atoms with Crippen molar-refractivity contribution in [1.82, 2.24) is 9.55 Å². The highest BCUT2D eigenvalue weighted by molar-refractivity contribution is 8.02. The summed E-state index contributed by atoms with van der Waals surface area (Å²) in [4.78, 5) is 18.2. The maximum atomic E-state index is 13.8. The number of rotatable bonds is 6. The maximum absolute atomic E-state index is 13.8. The topological polar surface area (TPSA) is 34.9 Å². The first-order valence-electron chi connectivity index (χ1n) is 9.55. The Hall–Kier alpha value is -2.78. The molecule has 0 aliphatic heterocycles. The molecule has 1 heterocycles. The summed E-state index contributed by atoms with van der Waals surface area (Å²) >= 11 is 2.45. The first-order valence-corrected chi connectivity index (χ1v) is 11.5. The Morgan fingerprint density at radius 2 is 1.50 bits per heavy atom. The van der Waals surface area contributed by atoms with Gasteiger partial charge < -0.3 is 0 Å². The number of hydrogen-bond acceptors (Lipinski definition) is 4. The van der Waals surface area contributed by atoms with Gasteiger partial charge in [-0.25, -0.2) is 9.37 Å². The summed E-state index contributed by atoms with van der Waals surface area (Å²) in [5.74, 6) is 0.565. The van der Waals surface area contributed by atoms with Crippen LogP contribution in [0, 0.1) is 5.82 Å². The number of thioether (sulfide) groups is 2. The van der Waals surface area contributed by atoms with Gasteiger partial charge >= 0.3 is 6.18 Å². The van der Waals surface area contributed by atoms with E-state index in [9.17, 15) is 22.4 Å². The van der Waals surface area contributed by atoms with Crippen LogP contribution >= 0.6 is 23.5 Å². The molecule has 1 aromatic heterocycles. The van der Waals surface area contributed by atoms with E-state index < -0.39 is 17.3 Å². The van der Waals surface area contributed by atoms with Gasteiger partial charge in [-0.1, -0.05) is 48.2 Å². The maximum Gasteiger partial charge on any atom is 0.418 e. The minimum absolute atomic E-state index is 0.152. The Kier molecular flexibility index (Phi) is 6.57. The molecule has 0 bridgehead atoms. The third-order valence-electron chi connectivity index (χ3n) is 4.60. The van der Waals surface area contributed by atoms with Gasteiger partial charge in [0.2, 0.25) is 0 Å². The Morgan fingerprint density at radius 1 is 0.844 bits per heavy atom. The number of aromatic nitrogens is 2. The van der Waals surface area contributed by atoms with E-state index in [-0.39, 0.29) is 22.0 Å². The third kappa shape index (κ3) is 4.68. The predicted octanol–water partition coefficient (Wildman–Crippen LogP) is 6.43. The van der Waals surface area contributed by atoms with Crippen LogP contribution in [0.25, 0.3) is 16.6 Å². The molecule has 0 radical (unpaired) electrons. The summed E-state index contributed by atoms with van der Waals surface area (Å²) in [6.07, 6.45) is -4.63. The molecule has 0 aliphatic rings. The van der Waals surface area contributed by atoms with E-state index >= 15 is 0 Å². The molecule has 3 nitrogen and oxygen atoms in total. The molecule has 164 valence electrons. The van der Waals surface area contributed by atoms with Crippen molar-refractivity contribution in [3.63, 3.8) is 0 Å². The van der Waals surface area contributed by atoms with Crippen LogP contribution in [0.3, 0.4) is 0 Å². The molecule has 9 heteroatoms. The standard InChI is InChI=1S/C23H16F4N2OS2/c24-17-9-3-6-12-20(17)31-13-14-32-22-28-18-10-4-1-7-15(18)21(30)29(22)19-11-5-2-8-16(19)23(25,26)27/h1-12H,13-14H2. The molecule has 0 N–H and O–H groups in total. The van der Waals surface area contributed by atoms with Crippen LogP contribution in [0.15, 0.2) is 87.6 Å². The lowest BCUT2D eigenvalue weighted by Gasteiger charge is -2.17. The van der Waals surface area contributed by atoms with E-state index in [0.29, 0.717) is 21.9 Å². The van der Waals surface area contributed by atoms with E-state index in [1.54, 1.807) is 42.5 Å². The number of hydrogen-bond donors (Lipinski definition) is 0. The second kappa shape index (κ2) is 9.38. The van der Waals surface area contributed by atoms with Crippen molar-refractivity contribution in [2.45, 2.75) is 16.2 Å². The zero-order chi connectivity index (χ0) is 22.7. The number of benzene rings is 3. The van der Waals surface area contributed by atoms with E-state index in [1.807, 2.05) is 0 Å². The molecule has 0 atom stereocenters.